The number of aromatic hydroxyl groups is 1. The maximum Gasteiger partial charge on any atom is 0.259 e. The van der Waals surface area contributed by atoms with Crippen LogP contribution in [0.15, 0.2) is 84.0 Å². The number of aldehydes is 1. The smallest absolute Gasteiger partial charge is 0.259 e. The van der Waals surface area contributed by atoms with Crippen LogP contribution in [0, 0.1) is 0 Å². The number of para-hydroxylation sites is 1. The first-order valence-corrected chi connectivity index (χ1v) is 10.2. The van der Waals surface area contributed by atoms with Crippen molar-refractivity contribution in [1.82, 2.24) is 10.6 Å². The lowest BCUT2D eigenvalue weighted by molar-refractivity contribution is -0.104. The molecule has 1 aliphatic rings. The van der Waals surface area contributed by atoms with Crippen molar-refractivity contribution in [3.63, 3.8) is 0 Å². The normalized spacial score (nSPS) is 11.9. The van der Waals surface area contributed by atoms with Gasteiger partial charge in [-0.2, -0.15) is 0 Å². The third-order valence-corrected chi connectivity index (χ3v) is 3.54. The Kier molecular flexibility index (Phi) is 17.9. The van der Waals surface area contributed by atoms with E-state index in [0.29, 0.717) is 18.4 Å². The number of rotatable bonds is 5. The van der Waals surface area contributed by atoms with Gasteiger partial charge in [0, 0.05) is 24.0 Å². The molecule has 0 aromatic heterocycles. The number of nitrogens with one attached hydrogen (secondary N) is 2. The van der Waals surface area contributed by atoms with Gasteiger partial charge >= 0.3 is 0 Å². The van der Waals surface area contributed by atoms with Crippen LogP contribution in [-0.4, -0.2) is 24.3 Å². The van der Waals surface area contributed by atoms with Crippen molar-refractivity contribution in [3.05, 3.63) is 89.6 Å². The molecule has 0 atom stereocenters. The minimum Gasteiger partial charge on any atom is -0.507 e. The summed E-state index contributed by atoms with van der Waals surface area (Å²) in [4.78, 5) is 22.3. The fourth-order valence-electron chi connectivity index (χ4n) is 2.05. The summed E-state index contributed by atoms with van der Waals surface area (Å²) in [5.41, 5.74) is 1.61. The second kappa shape index (κ2) is 18.6. The highest BCUT2D eigenvalue weighted by Gasteiger charge is 2.12. The first-order valence-electron chi connectivity index (χ1n) is 10.2. The topological polar surface area (TPSA) is 78.4 Å². The summed E-state index contributed by atoms with van der Waals surface area (Å²) in [5, 5.41) is 14.9. The minimum absolute atomic E-state index is 0.114. The molecule has 0 fully saturated rings. The van der Waals surface area contributed by atoms with Crippen molar-refractivity contribution in [2.45, 2.75) is 41.0 Å². The maximum absolute atomic E-state index is 12.5. The molecule has 0 bridgehead atoms. The van der Waals surface area contributed by atoms with E-state index >= 15 is 0 Å². The number of allylic oxidation sites excluding steroid dienone is 7. The van der Waals surface area contributed by atoms with Gasteiger partial charge in [-0.3, -0.25) is 9.59 Å². The Morgan fingerprint density at radius 1 is 1.13 bits per heavy atom. The third-order valence-electron chi connectivity index (χ3n) is 3.54. The number of benzene rings is 1. The monoisotopic (exact) mass is 430 g/mol. The molecular formula is C25H35FN2O3. The predicted octanol–water partition coefficient (Wildman–Crippen LogP) is 5.74. The molecule has 3 N–H and O–H groups in total. The van der Waals surface area contributed by atoms with Crippen molar-refractivity contribution >= 4 is 12.2 Å². The van der Waals surface area contributed by atoms with Gasteiger partial charge in [-0.25, -0.2) is 4.39 Å². The Hall–Kier alpha value is -3.41. The number of halogens is 1. The van der Waals surface area contributed by atoms with Gasteiger partial charge in [0.05, 0.1) is 5.56 Å². The second-order valence-electron chi connectivity index (χ2n) is 5.38. The average Bonchev–Trinajstić information content (AvgIpc) is 3.04. The maximum atomic E-state index is 12.5. The summed E-state index contributed by atoms with van der Waals surface area (Å²) >= 11 is 0. The largest absolute Gasteiger partial charge is 0.507 e. The van der Waals surface area contributed by atoms with Crippen molar-refractivity contribution in [2.75, 3.05) is 7.05 Å². The van der Waals surface area contributed by atoms with Crippen molar-refractivity contribution in [3.8, 4) is 5.75 Å². The predicted molar refractivity (Wildman–Crippen MR) is 127 cm³/mol. The Morgan fingerprint density at radius 2 is 1.74 bits per heavy atom. The van der Waals surface area contributed by atoms with Crippen LogP contribution >= 0.6 is 0 Å². The zero-order chi connectivity index (χ0) is 24.2. The molecule has 5 nitrogen and oxygen atoms in total. The number of carbonyl (C=O) groups excluding carboxylic acids is 2. The van der Waals surface area contributed by atoms with Gasteiger partial charge in [0.25, 0.3) is 5.91 Å². The molecule has 0 radical (unpaired) electrons. The van der Waals surface area contributed by atoms with Crippen molar-refractivity contribution in [2.24, 2.45) is 0 Å². The quantitative estimate of drug-likeness (QED) is 0.316. The molecule has 170 valence electrons. The average molecular weight is 431 g/mol. The molecule has 1 aliphatic carbocycles. The van der Waals surface area contributed by atoms with E-state index in [1.807, 2.05) is 40.8 Å². The summed E-state index contributed by atoms with van der Waals surface area (Å²) < 4.78 is 12.5. The molecule has 31 heavy (non-hydrogen) atoms. The molecule has 1 aromatic carbocycles. The highest BCUT2D eigenvalue weighted by molar-refractivity contribution is 5.99. The van der Waals surface area contributed by atoms with Crippen LogP contribution < -0.4 is 10.6 Å². The highest BCUT2D eigenvalue weighted by atomic mass is 19.1. The van der Waals surface area contributed by atoms with Gasteiger partial charge in [-0.05, 0) is 43.7 Å². The first kappa shape index (κ1) is 29.8. The van der Waals surface area contributed by atoms with E-state index in [2.05, 4.69) is 17.2 Å². The molecule has 0 saturated carbocycles. The standard InChI is InChI=1S/C13H13NO3.C8H10FN.2C2H6/c1-3-11(9(2)8-15)14-13(17)10-6-4-5-7-12(10)16;1-10-8-4-2-3-7(9)5-6-8;2*1-2/h3-8,16H,2H2,1H3,(H,14,17);3-6,10H,2H2,1H3;2*1-2H3/b11-3+;;;. The second-order valence-corrected chi connectivity index (χ2v) is 5.38. The number of hydrogen-bond donors (Lipinski definition) is 3. The van der Waals surface area contributed by atoms with Gasteiger partial charge < -0.3 is 15.7 Å². The molecule has 0 aliphatic heterocycles. The van der Waals surface area contributed by atoms with E-state index in [1.54, 1.807) is 37.3 Å². The molecule has 1 amide bonds. The van der Waals surface area contributed by atoms with Crippen LogP contribution in [0.3, 0.4) is 0 Å². The number of amides is 1. The Morgan fingerprint density at radius 3 is 2.26 bits per heavy atom. The molecule has 1 aromatic rings. The summed E-state index contributed by atoms with van der Waals surface area (Å²) in [6, 6.07) is 6.16. The number of phenolic OH excluding ortho intramolecular Hbond substituents is 1. The van der Waals surface area contributed by atoms with Crippen LogP contribution in [0.4, 0.5) is 4.39 Å². The third kappa shape index (κ3) is 12.0. The van der Waals surface area contributed by atoms with E-state index < -0.39 is 5.91 Å². The minimum atomic E-state index is -0.487. The van der Waals surface area contributed by atoms with Crippen molar-refractivity contribution in [1.29, 1.82) is 0 Å². The molecule has 6 heteroatoms. The Bertz CT molecular complexity index is 822. The molecule has 0 unspecified atom stereocenters. The fraction of sp³-hybridized carbons (Fsp3) is 0.280. The van der Waals surface area contributed by atoms with E-state index in [-0.39, 0.29) is 22.7 Å². The lowest BCUT2D eigenvalue weighted by Gasteiger charge is -2.09. The lowest BCUT2D eigenvalue weighted by atomic mass is 10.1. The van der Waals surface area contributed by atoms with E-state index in [9.17, 15) is 19.1 Å². The van der Waals surface area contributed by atoms with Crippen LogP contribution in [-0.2, 0) is 4.79 Å². The SMILES string of the molecule is C=C(C=O)/C(=C\C)NC(=O)c1ccccc1O.CC.CC.CNC1=CCC=C(F)C=C1. The number of carbonyl (C=O) groups is 2. The van der Waals surface area contributed by atoms with Crippen LogP contribution in [0.25, 0.3) is 0 Å². The number of likely N-dealkylation sites (N-methyl/N-ethyl adjacent to an activating group) is 1. The molecular weight excluding hydrogens is 395 g/mol. The lowest BCUT2D eigenvalue weighted by Crippen LogP contribution is -2.24. The van der Waals surface area contributed by atoms with Gasteiger partial charge in [0.15, 0.2) is 6.29 Å². The first-order chi connectivity index (χ1) is 14.9. The zero-order valence-electron chi connectivity index (χ0n) is 19.3. The van der Waals surface area contributed by atoms with Gasteiger partial charge in [-0.1, -0.05) is 58.6 Å². The number of phenols is 1. The van der Waals surface area contributed by atoms with Crippen molar-refractivity contribution < 1.29 is 19.1 Å². The van der Waals surface area contributed by atoms with Crippen LogP contribution in [0.5, 0.6) is 5.75 Å². The van der Waals surface area contributed by atoms with Crippen LogP contribution in [0.2, 0.25) is 0 Å². The van der Waals surface area contributed by atoms with E-state index in [4.69, 9.17) is 0 Å². The van der Waals surface area contributed by atoms with Gasteiger partial charge in [0.1, 0.15) is 11.6 Å². The summed E-state index contributed by atoms with van der Waals surface area (Å²) in [6.07, 6.45) is 9.43. The summed E-state index contributed by atoms with van der Waals surface area (Å²) in [5.74, 6) is -0.766. The zero-order valence-corrected chi connectivity index (χ0v) is 19.3. The van der Waals surface area contributed by atoms with Gasteiger partial charge in [-0.15, -0.1) is 0 Å². The van der Waals surface area contributed by atoms with Crippen LogP contribution in [0.1, 0.15) is 51.4 Å². The summed E-state index contributed by atoms with van der Waals surface area (Å²) in [7, 11) is 1.82. The van der Waals surface area contributed by atoms with E-state index in [0.717, 1.165) is 5.70 Å². The number of hydrogen-bond acceptors (Lipinski definition) is 4. The van der Waals surface area contributed by atoms with Gasteiger partial charge in [0.2, 0.25) is 0 Å². The molecule has 2 rings (SSSR count). The summed E-state index contributed by atoms with van der Waals surface area (Å²) in [6.45, 7) is 13.2. The highest BCUT2D eigenvalue weighted by Crippen LogP contribution is 2.16. The molecule has 0 spiro atoms. The Balaban J connectivity index is 0. The fourth-order valence-corrected chi connectivity index (χ4v) is 2.05. The Labute approximate surface area is 185 Å². The molecule has 0 saturated heterocycles. The van der Waals surface area contributed by atoms with E-state index in [1.165, 1.54) is 18.2 Å². The molecule has 0 heterocycles.